The van der Waals surface area contributed by atoms with Crippen LogP contribution in [0.4, 0.5) is 0 Å². The van der Waals surface area contributed by atoms with Crippen LogP contribution in [0.2, 0.25) is 0 Å². The van der Waals surface area contributed by atoms with Crippen molar-refractivity contribution in [2.45, 2.75) is 0 Å². The molecule has 0 radical (unpaired) electrons. The summed E-state index contributed by atoms with van der Waals surface area (Å²) < 4.78 is 14.3. The molecule has 6 N–H and O–H groups in total. The maximum absolute atomic E-state index is 8.26. The molecule has 0 aliphatic heterocycles. The van der Waals surface area contributed by atoms with Crippen molar-refractivity contribution in [1.29, 1.82) is 0 Å². The Bertz CT molecular complexity index is 115. The minimum absolute atomic E-state index is 0. The van der Waals surface area contributed by atoms with E-state index in [1.807, 2.05) is 0 Å². The van der Waals surface area contributed by atoms with Gasteiger partial charge in [-0.15, -0.1) is 0 Å². The summed E-state index contributed by atoms with van der Waals surface area (Å²) in [4.78, 5) is 0. The summed E-state index contributed by atoms with van der Waals surface area (Å²) in [6.45, 7) is 0.208. The monoisotopic (exact) mass is 332 g/mol. The molecule has 0 spiro atoms. The summed E-state index contributed by atoms with van der Waals surface area (Å²) in [6, 6.07) is 0. The standard InChI is InChI=1S/C6H14O5.2C2H6O2.Ca.2H/c7-1-3-9-5-11-6-10-4-2-8;2*3-1-2-4;;;/h7-8H,1-6H2;2*3-4H,1-2H2;;;/q;;;+2;2*-1. The third-order valence-electron chi connectivity index (χ3n) is 1.00. The van der Waals surface area contributed by atoms with Gasteiger partial charge in [0.1, 0.15) is 13.6 Å². The average molecular weight is 332 g/mol. The molecule has 0 aliphatic rings. The van der Waals surface area contributed by atoms with Gasteiger partial charge in [-0.3, -0.25) is 0 Å². The molecule has 0 aromatic carbocycles. The number of hydrogen-bond acceptors (Lipinski definition) is 9. The second-order valence-electron chi connectivity index (χ2n) is 2.60. The van der Waals surface area contributed by atoms with E-state index in [0.717, 1.165) is 0 Å². The van der Waals surface area contributed by atoms with E-state index in [9.17, 15) is 0 Å². The quantitative estimate of drug-likeness (QED) is 0.138. The van der Waals surface area contributed by atoms with Crippen molar-refractivity contribution in [3.8, 4) is 0 Å². The zero-order valence-electron chi connectivity index (χ0n) is 13.7. The zero-order valence-corrected chi connectivity index (χ0v) is 13.9. The van der Waals surface area contributed by atoms with Gasteiger partial charge in [0, 0.05) is 0 Å². The van der Waals surface area contributed by atoms with Gasteiger partial charge < -0.3 is 47.7 Å². The minimum atomic E-state index is -0.125. The van der Waals surface area contributed by atoms with E-state index < -0.39 is 0 Å². The molecule has 0 aromatic rings. The van der Waals surface area contributed by atoms with E-state index in [1.54, 1.807) is 0 Å². The normalized spacial score (nSPS) is 8.70. The fraction of sp³-hybridized carbons (Fsp3) is 1.00. The van der Waals surface area contributed by atoms with Crippen LogP contribution in [-0.4, -0.2) is 135 Å². The fourth-order valence-corrected chi connectivity index (χ4v) is 0.399. The summed E-state index contributed by atoms with van der Waals surface area (Å²) >= 11 is 0. The van der Waals surface area contributed by atoms with Gasteiger partial charge in [-0.2, -0.15) is 0 Å². The topological polar surface area (TPSA) is 149 Å². The largest absolute Gasteiger partial charge is 2.00 e. The molecule has 0 saturated carbocycles. The molecule has 0 bridgehead atoms. The summed E-state index contributed by atoms with van der Waals surface area (Å²) in [5, 5.41) is 47.0. The number of rotatable bonds is 10. The number of aliphatic hydroxyl groups excluding tert-OH is 6. The van der Waals surface area contributed by atoms with Gasteiger partial charge in [-0.25, -0.2) is 0 Å². The SMILES string of the molecule is OCCO.OCCO.OCCOCOCOCCO.[Ca+2].[H-].[H-]. The molecule has 9 nitrogen and oxygen atoms in total. The van der Waals surface area contributed by atoms with Gasteiger partial charge in [-0.05, 0) is 0 Å². The van der Waals surface area contributed by atoms with Crippen molar-refractivity contribution in [3.63, 3.8) is 0 Å². The van der Waals surface area contributed by atoms with Crippen LogP contribution >= 0.6 is 0 Å². The molecule has 10 heteroatoms. The fourth-order valence-electron chi connectivity index (χ4n) is 0.399. The molecule has 0 fully saturated rings. The molecule has 0 amide bonds. The van der Waals surface area contributed by atoms with E-state index in [-0.39, 0.29) is 107 Å². The third-order valence-corrected chi connectivity index (χ3v) is 1.00. The predicted octanol–water partition coefficient (Wildman–Crippen LogP) is -3.28. The molecule has 20 heavy (non-hydrogen) atoms. The van der Waals surface area contributed by atoms with Gasteiger partial charge in [0.15, 0.2) is 0 Å². The van der Waals surface area contributed by atoms with E-state index in [0.29, 0.717) is 0 Å². The van der Waals surface area contributed by atoms with Crippen LogP contribution in [0.25, 0.3) is 0 Å². The Morgan fingerprint density at radius 1 is 0.500 bits per heavy atom. The Morgan fingerprint density at radius 3 is 1.00 bits per heavy atom. The molecule has 0 heterocycles. The molecular weight excluding hydrogens is 304 g/mol. The number of hydrogen-bond donors (Lipinski definition) is 6. The van der Waals surface area contributed by atoms with Crippen molar-refractivity contribution in [2.24, 2.45) is 0 Å². The Labute approximate surface area is 151 Å². The van der Waals surface area contributed by atoms with Crippen molar-refractivity contribution in [1.82, 2.24) is 0 Å². The predicted molar refractivity (Wildman–Crippen MR) is 73.2 cm³/mol. The summed E-state index contributed by atoms with van der Waals surface area (Å²) in [5.41, 5.74) is 0. The smallest absolute Gasteiger partial charge is 1.00 e. The first kappa shape index (κ1) is 29.0. The average Bonchev–Trinajstić information content (AvgIpc) is 2.47. The molecule has 0 rings (SSSR count). The van der Waals surface area contributed by atoms with E-state index in [2.05, 4.69) is 0 Å². The van der Waals surface area contributed by atoms with E-state index in [4.69, 9.17) is 44.8 Å². The summed E-state index contributed by atoms with van der Waals surface area (Å²) in [7, 11) is 0. The van der Waals surface area contributed by atoms with Gasteiger partial charge >= 0.3 is 37.7 Å². The zero-order chi connectivity index (χ0) is 15.2. The molecule has 0 unspecified atom stereocenters. The van der Waals surface area contributed by atoms with Crippen LogP contribution in [0.5, 0.6) is 0 Å². The molecule has 0 aromatic heterocycles. The molecular formula is C10H28CaO9. The van der Waals surface area contributed by atoms with Crippen molar-refractivity contribution < 1.29 is 47.7 Å². The minimum Gasteiger partial charge on any atom is -1.00 e. The molecule has 0 aliphatic carbocycles. The van der Waals surface area contributed by atoms with E-state index >= 15 is 0 Å². The van der Waals surface area contributed by atoms with Crippen LogP contribution in [0, 0.1) is 0 Å². The van der Waals surface area contributed by atoms with Gasteiger partial charge in [-0.1, -0.05) is 0 Å². The van der Waals surface area contributed by atoms with Crippen LogP contribution in [-0.2, 0) is 14.2 Å². The first-order valence-corrected chi connectivity index (χ1v) is 5.63. The Hall–Kier alpha value is 0.900. The first-order chi connectivity index (χ1) is 9.24. The van der Waals surface area contributed by atoms with Crippen molar-refractivity contribution >= 4 is 37.7 Å². The van der Waals surface area contributed by atoms with Gasteiger partial charge in [0.05, 0.1) is 52.9 Å². The summed E-state index contributed by atoms with van der Waals surface area (Å²) in [5.74, 6) is 0. The van der Waals surface area contributed by atoms with Crippen LogP contribution in [0.1, 0.15) is 2.85 Å². The second kappa shape index (κ2) is 36.8. The van der Waals surface area contributed by atoms with Crippen LogP contribution in [0.3, 0.4) is 0 Å². The third kappa shape index (κ3) is 51.0. The number of ether oxygens (including phenoxy) is 3. The molecule has 124 valence electrons. The van der Waals surface area contributed by atoms with Crippen LogP contribution < -0.4 is 0 Å². The van der Waals surface area contributed by atoms with Crippen molar-refractivity contribution in [2.75, 3.05) is 66.4 Å². The number of aliphatic hydroxyl groups is 6. The van der Waals surface area contributed by atoms with Gasteiger partial charge in [0.2, 0.25) is 0 Å². The van der Waals surface area contributed by atoms with Crippen molar-refractivity contribution in [3.05, 3.63) is 0 Å². The summed E-state index contributed by atoms with van der Waals surface area (Å²) in [6.07, 6.45) is 0. The Balaban J connectivity index is -0.0000000497. The second-order valence-corrected chi connectivity index (χ2v) is 2.60. The molecule has 0 atom stereocenters. The van der Waals surface area contributed by atoms with Crippen LogP contribution in [0.15, 0.2) is 0 Å². The maximum atomic E-state index is 8.26. The van der Waals surface area contributed by atoms with E-state index in [1.165, 1.54) is 0 Å². The van der Waals surface area contributed by atoms with Gasteiger partial charge in [0.25, 0.3) is 0 Å². The Morgan fingerprint density at radius 2 is 0.800 bits per heavy atom. The Kier molecular flexibility index (Phi) is 53.3. The maximum Gasteiger partial charge on any atom is 2.00 e. The molecule has 0 saturated heterocycles. The first-order valence-electron chi connectivity index (χ1n) is 5.63.